The summed E-state index contributed by atoms with van der Waals surface area (Å²) in [4.78, 5) is 29.9. The molecule has 1 aliphatic rings. The van der Waals surface area contributed by atoms with Gasteiger partial charge < -0.3 is 19.7 Å². The molecule has 4 aromatic carbocycles. The summed E-state index contributed by atoms with van der Waals surface area (Å²) < 4.78 is 54.8. The smallest absolute Gasteiger partial charge is 0.264 e. The summed E-state index contributed by atoms with van der Waals surface area (Å²) in [5.41, 5.74) is 2.04. The van der Waals surface area contributed by atoms with Gasteiger partial charge in [0.1, 0.15) is 31.6 Å². The first kappa shape index (κ1) is 34.4. The highest BCUT2D eigenvalue weighted by atomic mass is 32.2. The van der Waals surface area contributed by atoms with Gasteiger partial charge in [-0.3, -0.25) is 13.9 Å². The van der Waals surface area contributed by atoms with Crippen molar-refractivity contribution in [1.82, 2.24) is 10.2 Å². The fourth-order valence-electron chi connectivity index (χ4n) is 5.46. The molecule has 11 heteroatoms. The van der Waals surface area contributed by atoms with Gasteiger partial charge in [-0.1, -0.05) is 60.2 Å². The topological polar surface area (TPSA) is 105 Å². The minimum Gasteiger partial charge on any atom is -0.486 e. The van der Waals surface area contributed by atoms with E-state index in [0.29, 0.717) is 12.4 Å². The first-order valence-corrected chi connectivity index (χ1v) is 17.1. The Hall–Kier alpha value is -4.90. The van der Waals surface area contributed by atoms with Crippen molar-refractivity contribution in [2.45, 2.75) is 57.1 Å². The molecule has 0 aromatic heterocycles. The van der Waals surface area contributed by atoms with Crippen LogP contribution in [0.4, 0.5) is 10.1 Å². The molecular weight excluding hydrogens is 633 g/mol. The number of carbonyl (C=O) groups excluding carboxylic acids is 2. The Morgan fingerprint density at radius 1 is 0.854 bits per heavy atom. The summed E-state index contributed by atoms with van der Waals surface area (Å²) in [6.45, 7) is 7.45. The quantitative estimate of drug-likeness (QED) is 0.221. The normalized spacial score (nSPS) is 13.4. The number of nitrogens with zero attached hydrogens (tertiary/aromatic N) is 2. The molecule has 0 bridgehead atoms. The van der Waals surface area contributed by atoms with E-state index in [1.165, 1.54) is 35.2 Å². The number of ether oxygens (including phenoxy) is 2. The molecule has 0 radical (unpaired) electrons. The third kappa shape index (κ3) is 8.51. The van der Waals surface area contributed by atoms with Crippen LogP contribution in [0.5, 0.6) is 11.5 Å². The third-order valence-corrected chi connectivity index (χ3v) is 9.47. The average molecular weight is 674 g/mol. The number of amides is 2. The number of halogens is 1. The second-order valence-corrected chi connectivity index (χ2v) is 14.6. The SMILES string of the molecule is Cc1cccc(CN(C(=O)CN(c2ccc(F)cc2)S(=O)(=O)c2ccc3c(c2)OCCO3)C(Cc2ccccc2)C(=O)NC(C)(C)C)c1. The molecule has 0 aliphatic carbocycles. The molecule has 1 atom stereocenters. The van der Waals surface area contributed by atoms with E-state index in [4.69, 9.17) is 9.47 Å². The highest BCUT2D eigenvalue weighted by Crippen LogP contribution is 2.34. The summed E-state index contributed by atoms with van der Waals surface area (Å²) in [6, 6.07) is 25.0. The van der Waals surface area contributed by atoms with Crippen molar-refractivity contribution in [3.05, 3.63) is 120 Å². The van der Waals surface area contributed by atoms with Gasteiger partial charge in [0.05, 0.1) is 10.6 Å². The van der Waals surface area contributed by atoms with Gasteiger partial charge in [0, 0.05) is 24.6 Å². The molecule has 4 aromatic rings. The van der Waals surface area contributed by atoms with Crippen LogP contribution >= 0.6 is 0 Å². The number of carbonyl (C=O) groups is 2. The fraction of sp³-hybridized carbons (Fsp3) is 0.297. The summed E-state index contributed by atoms with van der Waals surface area (Å²) >= 11 is 0. The van der Waals surface area contributed by atoms with Gasteiger partial charge in [-0.25, -0.2) is 12.8 Å². The van der Waals surface area contributed by atoms with Gasteiger partial charge in [0.2, 0.25) is 11.8 Å². The molecule has 0 spiro atoms. The molecule has 48 heavy (non-hydrogen) atoms. The van der Waals surface area contributed by atoms with Crippen molar-refractivity contribution in [2.24, 2.45) is 0 Å². The summed E-state index contributed by atoms with van der Waals surface area (Å²) in [5.74, 6) is -0.898. The third-order valence-electron chi connectivity index (χ3n) is 7.70. The maximum atomic E-state index is 14.6. The van der Waals surface area contributed by atoms with Crippen LogP contribution in [-0.4, -0.2) is 56.5 Å². The van der Waals surface area contributed by atoms with Gasteiger partial charge in [-0.15, -0.1) is 0 Å². The molecule has 5 rings (SSSR count). The van der Waals surface area contributed by atoms with E-state index in [0.717, 1.165) is 33.1 Å². The second-order valence-electron chi connectivity index (χ2n) is 12.7. The van der Waals surface area contributed by atoms with Gasteiger partial charge in [0.15, 0.2) is 11.5 Å². The number of fused-ring (bicyclic) bond motifs is 1. The van der Waals surface area contributed by atoms with Crippen LogP contribution in [0.15, 0.2) is 102 Å². The number of rotatable bonds is 11. The highest BCUT2D eigenvalue weighted by Gasteiger charge is 2.36. The first-order chi connectivity index (χ1) is 22.8. The highest BCUT2D eigenvalue weighted by molar-refractivity contribution is 7.92. The number of aryl methyl sites for hydroxylation is 1. The predicted molar refractivity (Wildman–Crippen MR) is 182 cm³/mol. The van der Waals surface area contributed by atoms with E-state index in [2.05, 4.69) is 5.32 Å². The van der Waals surface area contributed by atoms with E-state index >= 15 is 0 Å². The van der Waals surface area contributed by atoms with Crippen molar-refractivity contribution in [2.75, 3.05) is 24.1 Å². The molecule has 2 amide bonds. The second kappa shape index (κ2) is 14.5. The number of sulfonamides is 1. The van der Waals surface area contributed by atoms with E-state index < -0.39 is 39.9 Å². The van der Waals surface area contributed by atoms with Crippen LogP contribution in [0.2, 0.25) is 0 Å². The standard InChI is InChI=1S/C37H40FN3O6S/c1-26-9-8-12-28(21-26)24-40(32(36(43)39-37(2,3)4)22-27-10-6-5-7-11-27)35(42)25-41(30-15-13-29(38)14-16-30)48(44,45)31-17-18-33-34(23-31)47-20-19-46-33/h5-18,21,23,32H,19-20,22,24-25H2,1-4H3,(H,39,43). The molecule has 1 unspecified atom stereocenters. The van der Waals surface area contributed by atoms with E-state index in [1.807, 2.05) is 82.3 Å². The largest absolute Gasteiger partial charge is 0.486 e. The van der Waals surface area contributed by atoms with Crippen LogP contribution in [0.3, 0.4) is 0 Å². The van der Waals surface area contributed by atoms with Crippen LogP contribution in [0, 0.1) is 12.7 Å². The monoisotopic (exact) mass is 673 g/mol. The number of hydrogen-bond acceptors (Lipinski definition) is 6. The number of hydrogen-bond donors (Lipinski definition) is 1. The molecular formula is C37H40FN3O6S. The number of nitrogens with one attached hydrogen (secondary N) is 1. The number of benzene rings is 4. The summed E-state index contributed by atoms with van der Waals surface area (Å²) in [5, 5.41) is 3.02. The minimum absolute atomic E-state index is 0.0386. The number of anilines is 1. The lowest BCUT2D eigenvalue weighted by Crippen LogP contribution is -2.56. The van der Waals surface area contributed by atoms with E-state index in [-0.39, 0.29) is 41.8 Å². The van der Waals surface area contributed by atoms with Gasteiger partial charge in [-0.05, 0) is 75.2 Å². The molecule has 0 fully saturated rings. The fourth-order valence-corrected chi connectivity index (χ4v) is 6.89. The van der Waals surface area contributed by atoms with Gasteiger partial charge in [-0.2, -0.15) is 0 Å². The van der Waals surface area contributed by atoms with Crippen LogP contribution < -0.4 is 19.1 Å². The molecule has 0 saturated heterocycles. The van der Waals surface area contributed by atoms with Crippen molar-refractivity contribution < 1.29 is 31.9 Å². The Morgan fingerprint density at radius 3 is 2.19 bits per heavy atom. The first-order valence-electron chi connectivity index (χ1n) is 15.7. The van der Waals surface area contributed by atoms with Crippen molar-refractivity contribution in [3.8, 4) is 11.5 Å². The maximum absolute atomic E-state index is 14.6. The molecule has 9 nitrogen and oxygen atoms in total. The Labute approximate surface area is 281 Å². The van der Waals surface area contributed by atoms with E-state index in [1.54, 1.807) is 0 Å². The summed E-state index contributed by atoms with van der Waals surface area (Å²) in [7, 11) is -4.41. The van der Waals surface area contributed by atoms with Crippen molar-refractivity contribution >= 4 is 27.5 Å². The molecule has 1 aliphatic heterocycles. The lowest BCUT2D eigenvalue weighted by atomic mass is 10.0. The van der Waals surface area contributed by atoms with Gasteiger partial charge >= 0.3 is 0 Å². The Balaban J connectivity index is 1.58. The zero-order chi connectivity index (χ0) is 34.5. The lowest BCUT2D eigenvalue weighted by Gasteiger charge is -2.35. The Morgan fingerprint density at radius 2 is 1.52 bits per heavy atom. The predicted octanol–water partition coefficient (Wildman–Crippen LogP) is 5.66. The molecule has 0 saturated carbocycles. The molecule has 1 heterocycles. The zero-order valence-corrected chi connectivity index (χ0v) is 28.3. The van der Waals surface area contributed by atoms with Crippen LogP contribution in [0.1, 0.15) is 37.5 Å². The Bertz CT molecular complexity index is 1860. The lowest BCUT2D eigenvalue weighted by molar-refractivity contribution is -0.140. The molecule has 1 N–H and O–H groups in total. The van der Waals surface area contributed by atoms with E-state index in [9.17, 15) is 22.4 Å². The maximum Gasteiger partial charge on any atom is 0.264 e. The van der Waals surface area contributed by atoms with Crippen LogP contribution in [0.25, 0.3) is 0 Å². The van der Waals surface area contributed by atoms with Crippen molar-refractivity contribution in [1.29, 1.82) is 0 Å². The average Bonchev–Trinajstić information content (AvgIpc) is 3.05. The van der Waals surface area contributed by atoms with Gasteiger partial charge in [0.25, 0.3) is 10.0 Å². The summed E-state index contributed by atoms with van der Waals surface area (Å²) in [6.07, 6.45) is 0.186. The Kier molecular flexibility index (Phi) is 10.4. The van der Waals surface area contributed by atoms with Crippen LogP contribution in [-0.2, 0) is 32.6 Å². The zero-order valence-electron chi connectivity index (χ0n) is 27.5. The minimum atomic E-state index is -4.41. The molecule has 252 valence electrons. The van der Waals surface area contributed by atoms with Crippen molar-refractivity contribution in [3.63, 3.8) is 0 Å².